The first kappa shape index (κ1) is 29.0. The van der Waals surface area contributed by atoms with Crippen molar-refractivity contribution in [3.63, 3.8) is 0 Å². The summed E-state index contributed by atoms with van der Waals surface area (Å²) in [6.07, 6.45) is 0.891. The number of anilines is 1. The maximum atomic E-state index is 13.4. The maximum absolute atomic E-state index is 13.4. The van der Waals surface area contributed by atoms with Gasteiger partial charge in [-0.1, -0.05) is 6.92 Å². The number of non-ortho nitro benzene ring substituents is 1. The molecular formula is C28H32N6O8S. The summed E-state index contributed by atoms with van der Waals surface area (Å²) in [7, 11) is 0. The van der Waals surface area contributed by atoms with Gasteiger partial charge in [-0.2, -0.15) is 5.10 Å². The molecule has 15 heteroatoms. The first-order valence-corrected chi connectivity index (χ1v) is 15.0. The Bertz CT molecular complexity index is 1490. The molecule has 1 aromatic carbocycles. The van der Waals surface area contributed by atoms with E-state index in [-0.39, 0.29) is 41.1 Å². The number of thioether (sulfide) groups is 1. The van der Waals surface area contributed by atoms with Crippen LogP contribution in [-0.2, 0) is 27.5 Å². The van der Waals surface area contributed by atoms with Gasteiger partial charge in [-0.05, 0) is 31.0 Å². The van der Waals surface area contributed by atoms with E-state index in [1.807, 2.05) is 17.7 Å². The number of aromatic nitrogens is 2. The Labute approximate surface area is 251 Å². The molecule has 0 aliphatic carbocycles. The second-order valence-corrected chi connectivity index (χ2v) is 12.7. The van der Waals surface area contributed by atoms with Crippen LogP contribution < -0.4 is 4.90 Å². The van der Waals surface area contributed by atoms with Crippen LogP contribution in [0.2, 0.25) is 0 Å². The van der Waals surface area contributed by atoms with Crippen LogP contribution in [0, 0.1) is 22.0 Å². The molecule has 4 aliphatic rings. The van der Waals surface area contributed by atoms with E-state index in [0.29, 0.717) is 30.0 Å². The van der Waals surface area contributed by atoms with Gasteiger partial charge in [0.2, 0.25) is 5.91 Å². The van der Waals surface area contributed by atoms with Gasteiger partial charge >= 0.3 is 12.1 Å². The van der Waals surface area contributed by atoms with Crippen LogP contribution in [0.1, 0.15) is 25.8 Å². The van der Waals surface area contributed by atoms with Gasteiger partial charge in [0, 0.05) is 53.9 Å². The number of nitrogens with zero attached hydrogens (tertiary/aromatic N) is 6. The van der Waals surface area contributed by atoms with E-state index in [2.05, 4.69) is 10.00 Å². The molecule has 6 rings (SSSR count). The number of fused-ring (bicyclic) bond motifs is 2. The summed E-state index contributed by atoms with van der Waals surface area (Å²) in [4.78, 5) is 54.7. The number of nitro benzene ring substituents is 1. The summed E-state index contributed by atoms with van der Waals surface area (Å²) in [6, 6.07) is 7.08. The van der Waals surface area contributed by atoms with Crippen molar-refractivity contribution in [2.45, 2.75) is 56.9 Å². The highest BCUT2D eigenvalue weighted by Gasteiger charge is 2.60. The smallest absolute Gasteiger partial charge is 0.410 e. The second-order valence-electron chi connectivity index (χ2n) is 11.4. The van der Waals surface area contributed by atoms with E-state index in [4.69, 9.17) is 4.74 Å². The highest BCUT2D eigenvalue weighted by atomic mass is 32.2. The number of hydrogen-bond acceptors (Lipinski definition) is 10. The summed E-state index contributed by atoms with van der Waals surface area (Å²) in [6.45, 7) is 5.69. The van der Waals surface area contributed by atoms with Crippen molar-refractivity contribution in [2.75, 3.05) is 24.5 Å². The summed E-state index contributed by atoms with van der Waals surface area (Å²) < 4.78 is 7.55. The molecular weight excluding hydrogens is 580 g/mol. The second kappa shape index (κ2) is 11.2. The molecule has 0 unspecified atom stereocenters. The number of amides is 2. The van der Waals surface area contributed by atoms with E-state index in [1.165, 1.54) is 28.8 Å². The Morgan fingerprint density at radius 1 is 1.23 bits per heavy atom. The number of likely N-dealkylation sites (tertiary alicyclic amines) is 1. The third kappa shape index (κ3) is 5.09. The Hall–Kier alpha value is -4.11. The molecule has 0 spiro atoms. The number of carboxylic acid groups (broad SMARTS) is 1. The minimum atomic E-state index is -1.19. The van der Waals surface area contributed by atoms with Crippen molar-refractivity contribution in [1.29, 1.82) is 0 Å². The van der Waals surface area contributed by atoms with Gasteiger partial charge in [-0.25, -0.2) is 14.3 Å². The van der Waals surface area contributed by atoms with E-state index >= 15 is 0 Å². The molecule has 2 aromatic rings. The fourth-order valence-corrected chi connectivity index (χ4v) is 8.26. The van der Waals surface area contributed by atoms with Crippen molar-refractivity contribution in [3.8, 4) is 0 Å². The first-order chi connectivity index (χ1) is 20.5. The number of hydrogen-bond donors (Lipinski definition) is 2. The monoisotopic (exact) mass is 612 g/mol. The number of carbonyl (C=O) groups excluding carboxylic acids is 2. The largest absolute Gasteiger partial charge is 0.477 e. The zero-order chi connectivity index (χ0) is 30.6. The number of carbonyl (C=O) groups is 3. The van der Waals surface area contributed by atoms with Crippen LogP contribution in [0.5, 0.6) is 0 Å². The number of benzene rings is 1. The number of aliphatic carboxylic acids is 1. The summed E-state index contributed by atoms with van der Waals surface area (Å²) >= 11 is 1.39. The molecule has 2 N–H and O–H groups in total. The average Bonchev–Trinajstić information content (AvgIpc) is 3.72. The fraction of sp³-hybridized carbons (Fsp3) is 0.500. The van der Waals surface area contributed by atoms with Gasteiger partial charge in [0.1, 0.15) is 18.1 Å². The highest BCUT2D eigenvalue weighted by Crippen LogP contribution is 2.52. The lowest BCUT2D eigenvalue weighted by molar-refractivity contribution is -0.384. The van der Waals surface area contributed by atoms with E-state index < -0.39 is 35.0 Å². The number of rotatable bonds is 9. The van der Waals surface area contributed by atoms with Crippen molar-refractivity contribution in [3.05, 3.63) is 62.8 Å². The van der Waals surface area contributed by atoms with Crippen molar-refractivity contribution < 1.29 is 34.3 Å². The minimum absolute atomic E-state index is 0.0383. The normalized spacial score (nSPS) is 26.8. The molecule has 2 amide bonds. The molecule has 0 radical (unpaired) electrons. The van der Waals surface area contributed by atoms with Gasteiger partial charge in [0.25, 0.3) is 5.69 Å². The molecule has 1 aromatic heterocycles. The number of ether oxygens (including phenoxy) is 1. The molecule has 2 saturated heterocycles. The summed E-state index contributed by atoms with van der Waals surface area (Å²) in [5, 5.41) is 35.4. The molecule has 228 valence electrons. The molecule has 0 bridgehead atoms. The van der Waals surface area contributed by atoms with Crippen molar-refractivity contribution in [1.82, 2.24) is 19.6 Å². The lowest BCUT2D eigenvalue weighted by atomic mass is 9.79. The number of aliphatic hydroxyl groups is 1. The Morgan fingerprint density at radius 3 is 2.65 bits per heavy atom. The molecule has 2 fully saturated rings. The molecule has 4 aliphatic heterocycles. The van der Waals surface area contributed by atoms with Crippen LogP contribution in [0.4, 0.5) is 16.3 Å². The third-order valence-electron chi connectivity index (χ3n) is 8.76. The Balaban J connectivity index is 1.20. The van der Waals surface area contributed by atoms with Crippen LogP contribution in [0.3, 0.4) is 0 Å². The standard InChI is InChI=1S/C28H32N6O8S/c1-15-23-22(16(2)35)26(36)33(23)24(27(37)38)25(15)43-20-11-19(12-30-9-10-32-21(30)7-8-29-32)31(13-20)28(39)42-14-17-3-5-18(6-4-17)34(40)41/h3-8,15-16,19-20,22-23,35H,9-14H2,1-2H3,(H,37,38)/t15-,16-,19+,20+,22-,23-/m1/s1. The summed E-state index contributed by atoms with van der Waals surface area (Å²) in [5.74, 6) is -1.53. The highest BCUT2D eigenvalue weighted by molar-refractivity contribution is 8.03. The molecule has 14 nitrogen and oxygen atoms in total. The quantitative estimate of drug-likeness (QED) is 0.242. The van der Waals surface area contributed by atoms with Crippen molar-refractivity contribution >= 4 is 41.2 Å². The molecule has 43 heavy (non-hydrogen) atoms. The van der Waals surface area contributed by atoms with E-state index in [9.17, 15) is 34.7 Å². The molecule has 5 heterocycles. The van der Waals surface area contributed by atoms with Gasteiger partial charge in [0.05, 0.1) is 41.8 Å². The van der Waals surface area contributed by atoms with Crippen LogP contribution >= 0.6 is 11.8 Å². The third-order valence-corrected chi connectivity index (χ3v) is 10.2. The topological polar surface area (TPSA) is 172 Å². The van der Waals surface area contributed by atoms with Crippen molar-refractivity contribution in [2.24, 2.45) is 11.8 Å². The maximum Gasteiger partial charge on any atom is 0.410 e. The van der Waals surface area contributed by atoms with Gasteiger partial charge < -0.3 is 29.6 Å². The Morgan fingerprint density at radius 2 is 1.98 bits per heavy atom. The lowest BCUT2D eigenvalue weighted by Gasteiger charge is -2.46. The van der Waals surface area contributed by atoms with E-state index in [0.717, 1.165) is 18.9 Å². The minimum Gasteiger partial charge on any atom is -0.477 e. The number of nitro groups is 1. The zero-order valence-corrected chi connectivity index (χ0v) is 24.4. The van der Waals surface area contributed by atoms with E-state index in [1.54, 1.807) is 30.2 Å². The van der Waals surface area contributed by atoms with Crippen LogP contribution in [0.15, 0.2) is 47.1 Å². The van der Waals surface area contributed by atoms with Gasteiger partial charge in [0.15, 0.2) is 0 Å². The number of carboxylic acids is 1. The Kier molecular flexibility index (Phi) is 7.54. The number of β-lactam (4-membered cyclic amide) rings is 1. The lowest BCUT2D eigenvalue weighted by Crippen LogP contribution is -2.63. The zero-order valence-electron chi connectivity index (χ0n) is 23.6. The van der Waals surface area contributed by atoms with Crippen LogP contribution in [-0.4, -0.2) is 95.8 Å². The fourth-order valence-electron chi connectivity index (χ4n) is 6.69. The summed E-state index contributed by atoms with van der Waals surface area (Å²) in [5.41, 5.74) is 0.521. The van der Waals surface area contributed by atoms with Gasteiger partial charge in [-0.3, -0.25) is 14.9 Å². The van der Waals surface area contributed by atoms with Gasteiger partial charge in [-0.15, -0.1) is 11.8 Å². The first-order valence-electron chi connectivity index (χ1n) is 14.1. The average molecular weight is 613 g/mol. The molecule has 6 atom stereocenters. The predicted molar refractivity (Wildman–Crippen MR) is 154 cm³/mol. The SMILES string of the molecule is C[C@@H](O)[C@H]1C(=O)N2C(C(=O)O)=C(S[C@H]3C[C@@H](CN4CCn5nccc54)N(C(=O)OCc4ccc([N+](=O)[O-])cc4)C3)[C@H](C)[C@H]12. The van der Waals surface area contributed by atoms with Crippen LogP contribution in [0.25, 0.3) is 0 Å². The molecule has 0 saturated carbocycles. The predicted octanol–water partition coefficient (Wildman–Crippen LogP) is 2.28. The number of aliphatic hydroxyl groups excluding tert-OH is 1.